The summed E-state index contributed by atoms with van der Waals surface area (Å²) in [6, 6.07) is 4.63. The molecule has 9 heteroatoms. The fourth-order valence-electron chi connectivity index (χ4n) is 2.94. The molecule has 1 aromatic carbocycles. The van der Waals surface area contributed by atoms with E-state index < -0.39 is 23.5 Å². The molecule has 0 spiro atoms. The predicted octanol–water partition coefficient (Wildman–Crippen LogP) is 2.74. The third-order valence-electron chi connectivity index (χ3n) is 5.07. The van der Waals surface area contributed by atoms with Gasteiger partial charge in [0.15, 0.2) is 5.78 Å². The van der Waals surface area contributed by atoms with E-state index in [4.69, 9.17) is 0 Å². The van der Waals surface area contributed by atoms with Gasteiger partial charge in [-0.25, -0.2) is 13.8 Å². The number of halogens is 2. The van der Waals surface area contributed by atoms with Crippen molar-refractivity contribution in [1.29, 1.82) is 5.26 Å². The third-order valence-corrected chi connectivity index (χ3v) is 5.07. The molecule has 0 aliphatic heterocycles. The van der Waals surface area contributed by atoms with Gasteiger partial charge in [-0.15, -0.1) is 0 Å². The van der Waals surface area contributed by atoms with E-state index in [0.717, 1.165) is 12.1 Å². The number of ketones is 1. The highest BCUT2D eigenvalue weighted by Gasteiger charge is 2.47. The lowest BCUT2D eigenvalue weighted by molar-refractivity contribution is -0.0511. The topological polar surface area (TPSA) is 111 Å². The molecule has 3 N–H and O–H groups in total. The van der Waals surface area contributed by atoms with Crippen LogP contribution in [0.1, 0.15) is 37.6 Å². The number of aromatic nitrogens is 2. The maximum Gasteiger partial charge on any atom is 0.225 e. The first-order valence-electron chi connectivity index (χ1n) is 8.66. The molecule has 1 heterocycles. The molecule has 1 aliphatic rings. The van der Waals surface area contributed by atoms with Crippen LogP contribution in [-0.2, 0) is 0 Å². The zero-order valence-corrected chi connectivity index (χ0v) is 15.3. The van der Waals surface area contributed by atoms with E-state index in [1.54, 1.807) is 0 Å². The molecule has 0 saturated heterocycles. The molecule has 1 fully saturated rings. The summed E-state index contributed by atoms with van der Waals surface area (Å²) in [5.74, 6) is -1.94. The van der Waals surface area contributed by atoms with Crippen molar-refractivity contribution in [3.63, 3.8) is 0 Å². The van der Waals surface area contributed by atoms with E-state index in [-0.39, 0.29) is 42.3 Å². The number of nitriles is 1. The van der Waals surface area contributed by atoms with E-state index in [1.165, 1.54) is 6.20 Å². The Labute approximate surface area is 161 Å². The van der Waals surface area contributed by atoms with Crippen LogP contribution in [-0.4, -0.2) is 39.5 Å². The van der Waals surface area contributed by atoms with Crippen LogP contribution in [0.4, 0.5) is 20.5 Å². The van der Waals surface area contributed by atoms with Gasteiger partial charge >= 0.3 is 0 Å². The largest absolute Gasteiger partial charge is 0.392 e. The third kappa shape index (κ3) is 3.77. The lowest BCUT2D eigenvalue weighted by Gasteiger charge is -2.49. The Balaban J connectivity index is 0.00000300. The number of carbonyl (C=O) groups is 1. The molecule has 2 atom stereocenters. The quantitative estimate of drug-likeness (QED) is 0.652. The number of nitrogens with zero attached hydrogens (tertiary/aromatic N) is 3. The number of aliphatic hydroxyl groups is 1. The summed E-state index contributed by atoms with van der Waals surface area (Å²) >= 11 is 0. The van der Waals surface area contributed by atoms with Crippen molar-refractivity contribution in [2.75, 3.05) is 17.2 Å². The fourth-order valence-corrected chi connectivity index (χ4v) is 2.94. The summed E-state index contributed by atoms with van der Waals surface area (Å²) in [7, 11) is 0. The van der Waals surface area contributed by atoms with E-state index in [1.807, 2.05) is 19.9 Å². The van der Waals surface area contributed by atoms with Gasteiger partial charge in [-0.05, 0) is 18.6 Å². The minimum atomic E-state index is -0.944. The van der Waals surface area contributed by atoms with Crippen LogP contribution in [0.15, 0.2) is 24.4 Å². The minimum Gasteiger partial charge on any atom is -0.392 e. The van der Waals surface area contributed by atoms with Crippen molar-refractivity contribution < 1.29 is 20.1 Å². The summed E-state index contributed by atoms with van der Waals surface area (Å²) in [4.78, 5) is 20.3. The second-order valence-electron chi connectivity index (χ2n) is 7.24. The second kappa shape index (κ2) is 7.48. The number of hydrogen-bond acceptors (Lipinski definition) is 7. The van der Waals surface area contributed by atoms with Gasteiger partial charge in [-0.3, -0.25) is 4.79 Å². The Bertz CT molecular complexity index is 964. The zero-order valence-electron chi connectivity index (χ0n) is 15.3. The maximum absolute atomic E-state index is 13.7. The van der Waals surface area contributed by atoms with E-state index in [9.17, 15) is 23.9 Å². The van der Waals surface area contributed by atoms with Crippen LogP contribution < -0.4 is 10.6 Å². The molecule has 28 heavy (non-hydrogen) atoms. The number of anilines is 2. The number of rotatable bonds is 6. The molecule has 0 amide bonds. The lowest BCUT2D eigenvalue weighted by Crippen LogP contribution is -2.57. The number of hydrogen-bond donors (Lipinski definition) is 3. The van der Waals surface area contributed by atoms with E-state index >= 15 is 0 Å². The smallest absolute Gasteiger partial charge is 0.225 e. The van der Waals surface area contributed by atoms with Crippen LogP contribution in [0.2, 0.25) is 0 Å². The van der Waals surface area contributed by atoms with Gasteiger partial charge in [0.2, 0.25) is 5.95 Å². The van der Waals surface area contributed by atoms with Crippen molar-refractivity contribution in [2.24, 2.45) is 5.41 Å². The van der Waals surface area contributed by atoms with Crippen molar-refractivity contribution in [1.82, 2.24) is 9.97 Å². The number of aliphatic hydroxyl groups excluding tert-OH is 1. The number of Topliss-reactive ketones (excluding diaryl/α,β-unsaturated/α-hetero) is 1. The average Bonchev–Trinajstić information content (AvgIpc) is 2.66. The molecular weight excluding hydrogens is 368 g/mol. The van der Waals surface area contributed by atoms with Crippen LogP contribution in [0, 0.1) is 28.4 Å². The zero-order chi connectivity index (χ0) is 20.5. The molecule has 1 aromatic heterocycles. The van der Waals surface area contributed by atoms with E-state index in [2.05, 4.69) is 20.6 Å². The normalized spacial score (nSPS) is 20.0. The Morgan fingerprint density at radius 3 is 2.82 bits per heavy atom. The maximum atomic E-state index is 13.7. The fraction of sp³-hybridized carbons (Fsp3) is 0.368. The van der Waals surface area contributed by atoms with Gasteiger partial charge in [0.05, 0.1) is 24.4 Å². The first kappa shape index (κ1) is 19.6. The average molecular weight is 389 g/mol. The van der Waals surface area contributed by atoms with E-state index in [0.29, 0.717) is 12.5 Å². The standard InChI is InChI=1S/C19H19F2N5O2.H2/c1-19(2)15(6-16(19)28)25-17-10(7-22)8-23-18(26-17)24-9-14(27)12-4-3-11(20)5-13(12)21;/h3-5,8,15-16,28H,6,9H2,1-2H3,(H2,23,24,25,26);1H/t15-,16+;/m1./s1. The first-order valence-corrected chi connectivity index (χ1v) is 8.66. The van der Waals surface area contributed by atoms with Crippen LogP contribution in [0.3, 0.4) is 0 Å². The van der Waals surface area contributed by atoms with Crippen molar-refractivity contribution in [2.45, 2.75) is 32.4 Å². The summed E-state index contributed by atoms with van der Waals surface area (Å²) in [6.45, 7) is 3.50. The van der Waals surface area contributed by atoms with Crippen molar-refractivity contribution in [3.05, 3.63) is 47.2 Å². The minimum absolute atomic E-state index is 0. The molecule has 0 bridgehead atoms. The number of nitrogens with one attached hydrogen (secondary N) is 2. The van der Waals surface area contributed by atoms with Crippen LogP contribution in [0.5, 0.6) is 0 Å². The molecule has 2 aromatic rings. The highest BCUT2D eigenvalue weighted by atomic mass is 19.1. The highest BCUT2D eigenvalue weighted by molar-refractivity contribution is 5.99. The Morgan fingerprint density at radius 1 is 1.46 bits per heavy atom. The summed E-state index contributed by atoms with van der Waals surface area (Å²) in [6.07, 6.45) is 1.38. The van der Waals surface area contributed by atoms with Gasteiger partial charge in [-0.2, -0.15) is 10.2 Å². The molecule has 1 aliphatic carbocycles. The van der Waals surface area contributed by atoms with Gasteiger partial charge in [0.1, 0.15) is 29.1 Å². The monoisotopic (exact) mass is 389 g/mol. The van der Waals surface area contributed by atoms with Crippen LogP contribution >= 0.6 is 0 Å². The molecule has 3 rings (SSSR count). The van der Waals surface area contributed by atoms with Gasteiger partial charge in [0.25, 0.3) is 0 Å². The number of benzene rings is 1. The summed E-state index contributed by atoms with van der Waals surface area (Å²) in [5.41, 5.74) is -0.397. The lowest BCUT2D eigenvalue weighted by atomic mass is 9.64. The Morgan fingerprint density at radius 2 is 2.21 bits per heavy atom. The summed E-state index contributed by atoms with van der Waals surface area (Å²) < 4.78 is 26.7. The SMILES string of the molecule is CC1(C)[C@@H](O)C[C@H]1Nc1nc(NCC(=O)c2ccc(F)cc2F)ncc1C#N.[HH]. The van der Waals surface area contributed by atoms with Crippen molar-refractivity contribution >= 4 is 17.5 Å². The Hall–Kier alpha value is -3.12. The van der Waals surface area contributed by atoms with Gasteiger partial charge in [-0.1, -0.05) is 13.8 Å². The van der Waals surface area contributed by atoms with Crippen molar-refractivity contribution in [3.8, 4) is 6.07 Å². The molecule has 7 nitrogen and oxygen atoms in total. The summed E-state index contributed by atoms with van der Waals surface area (Å²) in [5, 5.41) is 24.9. The van der Waals surface area contributed by atoms with Crippen LogP contribution in [0.25, 0.3) is 0 Å². The molecular formula is C19H21F2N5O2. The predicted molar refractivity (Wildman–Crippen MR) is 99.9 cm³/mol. The number of carbonyl (C=O) groups excluding carboxylic acids is 1. The molecule has 1 saturated carbocycles. The molecule has 148 valence electrons. The second-order valence-corrected chi connectivity index (χ2v) is 7.24. The highest BCUT2D eigenvalue weighted by Crippen LogP contribution is 2.42. The van der Waals surface area contributed by atoms with Gasteiger partial charge in [0, 0.05) is 18.9 Å². The Kier molecular flexibility index (Phi) is 5.25. The molecule has 0 radical (unpaired) electrons. The first-order chi connectivity index (χ1) is 13.2. The van der Waals surface area contributed by atoms with Gasteiger partial charge < -0.3 is 15.7 Å². The molecule has 0 unspecified atom stereocenters.